The molecule has 8 heteroatoms. The van der Waals surface area contributed by atoms with Crippen LogP contribution >= 0.6 is 0 Å². The number of halogens is 1. The molecule has 0 aromatic rings. The highest BCUT2D eigenvalue weighted by Gasteiger charge is 2.48. The fourth-order valence-corrected chi connectivity index (χ4v) is 1.57. The van der Waals surface area contributed by atoms with E-state index in [1.807, 2.05) is 0 Å². The highest BCUT2D eigenvalue weighted by molar-refractivity contribution is 5.67. The average molecular weight is 266 g/mol. The van der Waals surface area contributed by atoms with Gasteiger partial charge >= 0.3 is 11.9 Å². The van der Waals surface area contributed by atoms with Crippen LogP contribution in [0.2, 0.25) is 0 Å². The van der Waals surface area contributed by atoms with Crippen LogP contribution in [0, 0.1) is 0 Å². The van der Waals surface area contributed by atoms with Crippen LogP contribution in [-0.4, -0.2) is 59.5 Å². The Morgan fingerprint density at radius 3 is 2.33 bits per heavy atom. The van der Waals surface area contributed by atoms with E-state index in [2.05, 4.69) is 4.74 Å². The van der Waals surface area contributed by atoms with Gasteiger partial charge < -0.3 is 24.4 Å². The Kier molecular flexibility index (Phi) is 5.00. The number of esters is 2. The van der Waals surface area contributed by atoms with Gasteiger partial charge in [-0.05, 0) is 0 Å². The van der Waals surface area contributed by atoms with Crippen LogP contribution in [0.5, 0.6) is 0 Å². The zero-order chi connectivity index (χ0) is 13.9. The highest BCUT2D eigenvalue weighted by Crippen LogP contribution is 2.26. The molecule has 1 heterocycles. The summed E-state index contributed by atoms with van der Waals surface area (Å²) in [5, 5.41) is 18.3. The Morgan fingerprint density at radius 1 is 1.33 bits per heavy atom. The number of hydrogen-bond acceptors (Lipinski definition) is 7. The summed E-state index contributed by atoms with van der Waals surface area (Å²) in [6, 6.07) is 0. The molecule has 0 spiro atoms. The minimum absolute atomic E-state index is 0.417. The maximum Gasteiger partial charge on any atom is 0.303 e. The van der Waals surface area contributed by atoms with Gasteiger partial charge in [-0.3, -0.25) is 9.59 Å². The number of rotatable bonds is 4. The molecule has 1 aliphatic rings. The summed E-state index contributed by atoms with van der Waals surface area (Å²) < 4.78 is 27.7. The van der Waals surface area contributed by atoms with Crippen molar-refractivity contribution < 1.29 is 38.4 Å². The van der Waals surface area contributed by atoms with Gasteiger partial charge in [-0.15, -0.1) is 0 Å². The highest BCUT2D eigenvalue weighted by atomic mass is 19.1. The number of carbonyl (C=O) groups excluding carboxylic acids is 2. The zero-order valence-electron chi connectivity index (χ0n) is 9.91. The normalized spacial score (nSPS) is 32.9. The first-order valence-corrected chi connectivity index (χ1v) is 5.29. The van der Waals surface area contributed by atoms with Gasteiger partial charge in [0, 0.05) is 13.8 Å². The summed E-state index contributed by atoms with van der Waals surface area (Å²) >= 11 is 0. The van der Waals surface area contributed by atoms with Crippen molar-refractivity contribution in [2.45, 2.75) is 44.6 Å². The second-order valence-corrected chi connectivity index (χ2v) is 3.88. The zero-order valence-corrected chi connectivity index (χ0v) is 9.91. The van der Waals surface area contributed by atoms with Crippen LogP contribution in [0.25, 0.3) is 0 Å². The Bertz CT molecular complexity index is 321. The molecule has 0 aromatic heterocycles. The lowest BCUT2D eigenvalue weighted by molar-refractivity contribution is -0.179. The first-order chi connectivity index (χ1) is 8.32. The Hall–Kier alpha value is -1.25. The van der Waals surface area contributed by atoms with Crippen molar-refractivity contribution in [2.75, 3.05) is 6.61 Å². The third kappa shape index (κ3) is 3.62. The van der Waals surface area contributed by atoms with Crippen molar-refractivity contribution in [2.24, 2.45) is 0 Å². The van der Waals surface area contributed by atoms with Crippen LogP contribution in [-0.2, 0) is 23.8 Å². The van der Waals surface area contributed by atoms with Gasteiger partial charge in [-0.2, -0.15) is 0 Å². The molecule has 0 amide bonds. The lowest BCUT2D eigenvalue weighted by Crippen LogP contribution is -2.41. The molecule has 0 radical (unpaired) electrons. The van der Waals surface area contributed by atoms with Gasteiger partial charge in [-0.1, -0.05) is 0 Å². The van der Waals surface area contributed by atoms with Crippen molar-refractivity contribution >= 4 is 11.9 Å². The standard InChI is InChI=1S/C10H15FO7/c1-4(12)16-3-6(17-5(2)13)9-7(11)8(14)10(15)18-9/h6-10,14-15H,3H2,1-2H3/t6-,7-,8-,9+,10?/m1/s1. The maximum atomic E-state index is 13.6. The molecule has 1 fully saturated rings. The predicted molar refractivity (Wildman–Crippen MR) is 54.0 cm³/mol. The van der Waals surface area contributed by atoms with E-state index in [4.69, 9.17) is 14.6 Å². The molecule has 0 aromatic carbocycles. The van der Waals surface area contributed by atoms with Crippen molar-refractivity contribution in [1.29, 1.82) is 0 Å². The first-order valence-electron chi connectivity index (χ1n) is 5.29. The summed E-state index contributed by atoms with van der Waals surface area (Å²) in [5.41, 5.74) is 0. The molecule has 1 saturated heterocycles. The average Bonchev–Trinajstić information content (AvgIpc) is 2.51. The number of aliphatic hydroxyl groups is 2. The van der Waals surface area contributed by atoms with Gasteiger partial charge in [0.1, 0.15) is 18.8 Å². The van der Waals surface area contributed by atoms with Crippen molar-refractivity contribution in [1.82, 2.24) is 0 Å². The number of aliphatic hydroxyl groups excluding tert-OH is 2. The van der Waals surface area contributed by atoms with Crippen LogP contribution < -0.4 is 0 Å². The molecule has 1 unspecified atom stereocenters. The largest absolute Gasteiger partial charge is 0.462 e. The molecule has 2 N–H and O–H groups in total. The maximum absolute atomic E-state index is 13.6. The number of ether oxygens (including phenoxy) is 3. The van der Waals surface area contributed by atoms with Crippen molar-refractivity contribution in [3.05, 3.63) is 0 Å². The molecule has 0 saturated carbocycles. The van der Waals surface area contributed by atoms with Gasteiger partial charge in [0.2, 0.25) is 0 Å². The van der Waals surface area contributed by atoms with Crippen molar-refractivity contribution in [3.63, 3.8) is 0 Å². The molecule has 5 atom stereocenters. The smallest absolute Gasteiger partial charge is 0.303 e. The van der Waals surface area contributed by atoms with Gasteiger partial charge in [0.15, 0.2) is 18.6 Å². The molecule has 0 aliphatic carbocycles. The van der Waals surface area contributed by atoms with Crippen LogP contribution in [0.3, 0.4) is 0 Å². The van der Waals surface area contributed by atoms with Crippen LogP contribution in [0.4, 0.5) is 4.39 Å². The summed E-state index contributed by atoms with van der Waals surface area (Å²) in [6.07, 6.45) is -8.00. The Balaban J connectivity index is 2.70. The van der Waals surface area contributed by atoms with E-state index >= 15 is 0 Å². The molecular weight excluding hydrogens is 251 g/mol. The summed E-state index contributed by atoms with van der Waals surface area (Å²) in [5.74, 6) is -1.36. The first kappa shape index (κ1) is 14.8. The molecule has 1 rings (SSSR count). The topological polar surface area (TPSA) is 102 Å². The van der Waals surface area contributed by atoms with Crippen molar-refractivity contribution in [3.8, 4) is 0 Å². The summed E-state index contributed by atoms with van der Waals surface area (Å²) in [6.45, 7) is 1.81. The van der Waals surface area contributed by atoms with Crippen LogP contribution in [0.1, 0.15) is 13.8 Å². The third-order valence-corrected chi connectivity index (χ3v) is 2.36. The molecule has 7 nitrogen and oxygen atoms in total. The molecule has 1 aliphatic heterocycles. The number of hydrogen-bond donors (Lipinski definition) is 2. The van der Waals surface area contributed by atoms with E-state index in [0.29, 0.717) is 0 Å². The van der Waals surface area contributed by atoms with E-state index in [1.165, 1.54) is 0 Å². The van der Waals surface area contributed by atoms with E-state index < -0.39 is 49.3 Å². The molecule has 104 valence electrons. The van der Waals surface area contributed by atoms with E-state index in [9.17, 15) is 19.1 Å². The number of carbonyl (C=O) groups is 2. The minimum atomic E-state index is -1.94. The quantitative estimate of drug-likeness (QED) is 0.622. The fourth-order valence-electron chi connectivity index (χ4n) is 1.57. The Morgan fingerprint density at radius 2 is 1.94 bits per heavy atom. The monoisotopic (exact) mass is 266 g/mol. The van der Waals surface area contributed by atoms with Gasteiger partial charge in [0.25, 0.3) is 0 Å². The second kappa shape index (κ2) is 6.07. The van der Waals surface area contributed by atoms with E-state index in [-0.39, 0.29) is 0 Å². The van der Waals surface area contributed by atoms with Crippen LogP contribution in [0.15, 0.2) is 0 Å². The summed E-state index contributed by atoms with van der Waals surface area (Å²) in [4.78, 5) is 21.5. The minimum Gasteiger partial charge on any atom is -0.462 e. The lowest BCUT2D eigenvalue weighted by Gasteiger charge is -2.23. The Labute approximate surface area is 102 Å². The molecule has 18 heavy (non-hydrogen) atoms. The fraction of sp³-hybridized carbons (Fsp3) is 0.800. The SMILES string of the molecule is CC(=O)OC[C@@H](OC(C)=O)[C@@H]1OC(O)[C@H](O)[C@H]1F. The second-order valence-electron chi connectivity index (χ2n) is 3.88. The predicted octanol–water partition coefficient (Wildman–Crippen LogP) is -1.10. The van der Waals surface area contributed by atoms with E-state index in [1.54, 1.807) is 0 Å². The van der Waals surface area contributed by atoms with Gasteiger partial charge in [0.05, 0.1) is 0 Å². The summed E-state index contributed by atoms with van der Waals surface area (Å²) in [7, 11) is 0. The lowest BCUT2D eigenvalue weighted by atomic mass is 10.1. The molecule has 0 bridgehead atoms. The third-order valence-electron chi connectivity index (χ3n) is 2.36. The van der Waals surface area contributed by atoms with E-state index in [0.717, 1.165) is 13.8 Å². The van der Waals surface area contributed by atoms with Gasteiger partial charge in [-0.25, -0.2) is 4.39 Å². The molecular formula is C10H15FO7. The number of alkyl halides is 1.